The van der Waals surface area contributed by atoms with E-state index in [1.54, 1.807) is 12.1 Å². The molecule has 2 heterocycles. The lowest BCUT2D eigenvalue weighted by Crippen LogP contribution is -1.92. The van der Waals surface area contributed by atoms with Gasteiger partial charge in [0.25, 0.3) is 0 Å². The summed E-state index contributed by atoms with van der Waals surface area (Å²) in [6, 6.07) is 7.96. The first kappa shape index (κ1) is 13.7. The molecular weight excluding hydrogens is 295 g/mol. The monoisotopic (exact) mass is 306 g/mol. The Morgan fingerprint density at radius 2 is 2.05 bits per heavy atom. The van der Waals surface area contributed by atoms with Gasteiger partial charge in [0.2, 0.25) is 5.76 Å². The quantitative estimate of drug-likeness (QED) is 0.771. The highest BCUT2D eigenvalue weighted by Crippen LogP contribution is 2.41. The number of hydrogen-bond donors (Lipinski definition) is 1. The van der Waals surface area contributed by atoms with Crippen LogP contribution >= 0.6 is 11.6 Å². The van der Waals surface area contributed by atoms with E-state index in [4.69, 9.17) is 26.3 Å². The molecule has 3 rings (SSSR count). The molecule has 0 atom stereocenters. The third kappa shape index (κ3) is 2.29. The van der Waals surface area contributed by atoms with Crippen LogP contribution in [-0.2, 0) is 6.42 Å². The fraction of sp³-hybridized carbons (Fsp3) is 0.133. The Morgan fingerprint density at radius 3 is 2.71 bits per heavy atom. The molecule has 3 aromatic rings. The fourth-order valence-electron chi connectivity index (χ4n) is 2.14. The summed E-state index contributed by atoms with van der Waals surface area (Å²) >= 11 is 6.09. The van der Waals surface area contributed by atoms with E-state index in [-0.39, 0.29) is 22.2 Å². The van der Waals surface area contributed by atoms with E-state index in [1.807, 2.05) is 13.0 Å². The molecule has 21 heavy (non-hydrogen) atoms. The highest BCUT2D eigenvalue weighted by molar-refractivity contribution is 6.33. The number of hydrogen-bond acceptors (Lipinski definition) is 4. The van der Waals surface area contributed by atoms with Gasteiger partial charge in [-0.3, -0.25) is 0 Å². The summed E-state index contributed by atoms with van der Waals surface area (Å²) in [4.78, 5) is 0. The number of aryl methyl sites for hydroxylation is 1. The zero-order chi connectivity index (χ0) is 15.0. The van der Waals surface area contributed by atoms with Gasteiger partial charge in [0.05, 0.1) is 10.6 Å². The first-order chi connectivity index (χ1) is 10.1. The van der Waals surface area contributed by atoms with Crippen molar-refractivity contribution in [3.63, 3.8) is 0 Å². The molecule has 108 valence electrons. The summed E-state index contributed by atoms with van der Waals surface area (Å²) in [5, 5.41) is 3.93. The molecule has 0 saturated heterocycles. The molecule has 0 amide bonds. The lowest BCUT2D eigenvalue weighted by atomic mass is 10.0. The summed E-state index contributed by atoms with van der Waals surface area (Å²) in [6.07, 6.45) is 0.736. The van der Waals surface area contributed by atoms with Crippen molar-refractivity contribution in [1.29, 1.82) is 0 Å². The average Bonchev–Trinajstić information content (AvgIpc) is 3.06. The summed E-state index contributed by atoms with van der Waals surface area (Å²) in [7, 11) is 0. The third-order valence-corrected chi connectivity index (χ3v) is 3.48. The van der Waals surface area contributed by atoms with Gasteiger partial charge in [0.15, 0.2) is 11.6 Å². The number of nitrogens with two attached hydrogens (primary N) is 1. The molecule has 0 fully saturated rings. The molecule has 0 aliphatic heterocycles. The van der Waals surface area contributed by atoms with Gasteiger partial charge in [0, 0.05) is 12.0 Å². The van der Waals surface area contributed by atoms with E-state index < -0.39 is 5.82 Å². The van der Waals surface area contributed by atoms with Gasteiger partial charge >= 0.3 is 0 Å². The van der Waals surface area contributed by atoms with Crippen LogP contribution in [0.15, 0.2) is 39.3 Å². The second-order valence-electron chi connectivity index (χ2n) is 4.49. The zero-order valence-corrected chi connectivity index (χ0v) is 11.9. The molecule has 0 unspecified atom stereocenters. The normalized spacial score (nSPS) is 11.0. The van der Waals surface area contributed by atoms with E-state index >= 15 is 0 Å². The molecular formula is C15H12ClFN2O2. The lowest BCUT2D eigenvalue weighted by Gasteiger charge is -2.05. The number of benzene rings is 1. The van der Waals surface area contributed by atoms with Gasteiger partial charge in [-0.2, -0.15) is 0 Å². The molecule has 0 aliphatic carbocycles. The summed E-state index contributed by atoms with van der Waals surface area (Å²) in [5.74, 6) is 1.04. The molecule has 4 nitrogen and oxygen atoms in total. The van der Waals surface area contributed by atoms with Crippen molar-refractivity contribution in [2.45, 2.75) is 13.3 Å². The van der Waals surface area contributed by atoms with Crippen molar-refractivity contribution in [2.24, 2.45) is 0 Å². The molecule has 0 radical (unpaired) electrons. The topological polar surface area (TPSA) is 65.2 Å². The Kier molecular flexibility index (Phi) is 3.43. The molecule has 0 spiro atoms. The maximum Gasteiger partial charge on any atom is 0.212 e. The smallest absolute Gasteiger partial charge is 0.212 e. The van der Waals surface area contributed by atoms with Crippen molar-refractivity contribution >= 4 is 17.4 Å². The van der Waals surface area contributed by atoms with Crippen molar-refractivity contribution in [2.75, 3.05) is 5.73 Å². The van der Waals surface area contributed by atoms with Crippen LogP contribution < -0.4 is 5.73 Å². The Labute approximate surface area is 125 Å². The van der Waals surface area contributed by atoms with Crippen LogP contribution in [0.5, 0.6) is 0 Å². The van der Waals surface area contributed by atoms with Crippen LogP contribution in [0.25, 0.3) is 22.6 Å². The van der Waals surface area contributed by atoms with Crippen LogP contribution in [-0.4, -0.2) is 5.16 Å². The van der Waals surface area contributed by atoms with E-state index in [2.05, 4.69) is 5.16 Å². The predicted molar refractivity (Wildman–Crippen MR) is 78.4 cm³/mol. The SMILES string of the molecule is CCc1ccc(-c2onc(N)c2-c2c(F)cccc2Cl)o1. The van der Waals surface area contributed by atoms with Crippen molar-refractivity contribution in [3.05, 3.63) is 46.9 Å². The summed E-state index contributed by atoms with van der Waals surface area (Å²) in [6.45, 7) is 1.96. The molecule has 0 bridgehead atoms. The number of anilines is 1. The van der Waals surface area contributed by atoms with E-state index in [1.165, 1.54) is 12.1 Å². The van der Waals surface area contributed by atoms with Crippen LogP contribution in [0.3, 0.4) is 0 Å². The number of rotatable bonds is 3. The lowest BCUT2D eigenvalue weighted by molar-refractivity contribution is 0.416. The Morgan fingerprint density at radius 1 is 1.24 bits per heavy atom. The van der Waals surface area contributed by atoms with Crippen molar-refractivity contribution in [3.8, 4) is 22.6 Å². The van der Waals surface area contributed by atoms with Crippen LogP contribution in [0.4, 0.5) is 10.2 Å². The van der Waals surface area contributed by atoms with E-state index in [0.717, 1.165) is 12.2 Å². The number of nitrogens with zero attached hydrogens (tertiary/aromatic N) is 1. The second kappa shape index (κ2) is 5.26. The Balaban J connectivity index is 2.22. The standard InChI is InChI=1S/C15H12ClFN2O2/c1-2-8-6-7-11(20-8)14-13(15(18)19-21-14)12-9(16)4-3-5-10(12)17/h3-7H,2H2,1H3,(H2,18,19). The highest BCUT2D eigenvalue weighted by atomic mass is 35.5. The minimum Gasteiger partial charge on any atom is -0.458 e. The molecule has 6 heteroatoms. The third-order valence-electron chi connectivity index (χ3n) is 3.17. The molecule has 2 aromatic heterocycles. The summed E-state index contributed by atoms with van der Waals surface area (Å²) in [5.41, 5.74) is 6.27. The second-order valence-corrected chi connectivity index (χ2v) is 4.90. The minimum absolute atomic E-state index is 0.0615. The maximum absolute atomic E-state index is 14.1. The van der Waals surface area contributed by atoms with Crippen molar-refractivity contribution < 1.29 is 13.3 Å². The van der Waals surface area contributed by atoms with Gasteiger partial charge in [-0.05, 0) is 24.3 Å². The van der Waals surface area contributed by atoms with Gasteiger partial charge in [-0.25, -0.2) is 4.39 Å². The van der Waals surface area contributed by atoms with Gasteiger partial charge < -0.3 is 14.7 Å². The summed E-state index contributed by atoms with van der Waals surface area (Å²) < 4.78 is 24.9. The largest absolute Gasteiger partial charge is 0.458 e. The first-order valence-corrected chi connectivity index (χ1v) is 6.78. The van der Waals surface area contributed by atoms with Crippen LogP contribution in [0.1, 0.15) is 12.7 Å². The highest BCUT2D eigenvalue weighted by Gasteiger charge is 2.24. The fourth-order valence-corrected chi connectivity index (χ4v) is 2.40. The Bertz CT molecular complexity index is 775. The number of aromatic nitrogens is 1. The van der Waals surface area contributed by atoms with E-state index in [0.29, 0.717) is 11.3 Å². The number of nitrogen functional groups attached to an aromatic ring is 1. The van der Waals surface area contributed by atoms with Crippen LogP contribution in [0.2, 0.25) is 5.02 Å². The van der Waals surface area contributed by atoms with Gasteiger partial charge in [-0.15, -0.1) is 0 Å². The number of halogens is 2. The number of furan rings is 1. The molecule has 2 N–H and O–H groups in total. The first-order valence-electron chi connectivity index (χ1n) is 6.40. The Hall–Kier alpha value is -2.27. The van der Waals surface area contributed by atoms with Gasteiger partial charge in [0.1, 0.15) is 11.6 Å². The van der Waals surface area contributed by atoms with Gasteiger partial charge in [-0.1, -0.05) is 29.7 Å². The average molecular weight is 307 g/mol. The maximum atomic E-state index is 14.1. The molecule has 0 aliphatic rings. The van der Waals surface area contributed by atoms with Crippen LogP contribution in [0, 0.1) is 5.82 Å². The molecule has 0 saturated carbocycles. The molecule has 1 aromatic carbocycles. The zero-order valence-electron chi connectivity index (χ0n) is 11.2. The van der Waals surface area contributed by atoms with Crippen molar-refractivity contribution in [1.82, 2.24) is 5.16 Å². The predicted octanol–water partition coefficient (Wildman–Crippen LogP) is 4.54. The van der Waals surface area contributed by atoms with E-state index in [9.17, 15) is 4.39 Å². The minimum atomic E-state index is -0.499.